The van der Waals surface area contributed by atoms with Gasteiger partial charge in [0.05, 0.1) is 5.03 Å². The van der Waals surface area contributed by atoms with E-state index in [1.165, 1.54) is 5.29 Å². The number of hydrogen-bond donors (Lipinski definition) is 1. The Morgan fingerprint density at radius 1 is 1.86 bits per heavy atom. The van der Waals surface area contributed by atoms with Crippen LogP contribution in [0.15, 0.2) is 5.29 Å². The van der Waals surface area contributed by atoms with Crippen LogP contribution in [0.25, 0.3) is 0 Å². The van der Waals surface area contributed by atoms with Gasteiger partial charge in [-0.05, 0) is 0 Å². The Labute approximate surface area is 37.2 Å². The van der Waals surface area contributed by atoms with Crippen molar-refractivity contribution in [3.8, 4) is 0 Å². The summed E-state index contributed by atoms with van der Waals surface area (Å²) >= 11 is 0. The number of nitroso groups, excluding NO2 is 1. The van der Waals surface area contributed by atoms with E-state index in [0.29, 0.717) is 0 Å². The largest absolute Gasteiger partial charge is 0.340 e. The summed E-state index contributed by atoms with van der Waals surface area (Å²) in [5.41, 5.74) is 0. The zero-order valence-corrected chi connectivity index (χ0v) is 3.01. The summed E-state index contributed by atoms with van der Waals surface area (Å²) in [6, 6.07) is 0. The average Bonchev–Trinajstić information content (AvgIpc) is 1.65. The van der Waals surface area contributed by atoms with E-state index < -0.39 is 10.3 Å². The highest BCUT2D eigenvalue weighted by molar-refractivity contribution is 4.03. The highest BCUT2D eigenvalue weighted by Crippen LogP contribution is 1.76. The molecule has 7 heavy (non-hydrogen) atoms. The van der Waals surface area contributed by atoms with E-state index in [0.717, 1.165) is 0 Å². The van der Waals surface area contributed by atoms with Crippen LogP contribution in [0.1, 0.15) is 0 Å². The molecule has 1 N–H and O–H groups in total. The molecule has 0 aliphatic heterocycles. The van der Waals surface area contributed by atoms with E-state index in [1.54, 1.807) is 0 Å². The third-order valence-electron chi connectivity index (χ3n) is 0.219. The van der Waals surface area contributed by atoms with E-state index >= 15 is 0 Å². The standard InChI is InChI=1S/HN3O4/c4-1-2(5)3(6)7/h5H. The Morgan fingerprint density at radius 2 is 2.29 bits per heavy atom. The van der Waals surface area contributed by atoms with Crippen molar-refractivity contribution in [1.82, 2.24) is 5.28 Å². The average molecular weight is 107 g/mol. The van der Waals surface area contributed by atoms with Gasteiger partial charge in [-0.3, -0.25) is 0 Å². The first-order valence-electron chi connectivity index (χ1n) is 1.15. The normalized spacial score (nSPS) is 7.57. The zero-order chi connectivity index (χ0) is 5.86. The fraction of sp³-hybridized carbons (Fsp3) is 0. The number of hydrazine groups is 1. The summed E-state index contributed by atoms with van der Waals surface area (Å²) in [6.45, 7) is 0. The second-order valence-electron chi connectivity index (χ2n) is 0.588. The molecular weight excluding hydrogens is 106 g/mol. The minimum absolute atomic E-state index is 0.917. The van der Waals surface area contributed by atoms with E-state index in [1.807, 2.05) is 0 Å². The first-order chi connectivity index (χ1) is 3.18. The number of nitro groups is 1. The third-order valence-corrected chi connectivity index (χ3v) is 0.219. The van der Waals surface area contributed by atoms with Gasteiger partial charge in [0.2, 0.25) is 0 Å². The molecule has 0 bridgehead atoms. The number of rotatable bonds is 2. The van der Waals surface area contributed by atoms with Gasteiger partial charge in [-0.15, -0.1) is 0 Å². The van der Waals surface area contributed by atoms with E-state index in [2.05, 4.69) is 0 Å². The molecular formula is HN3O4. The summed E-state index contributed by atoms with van der Waals surface area (Å²) in [5, 5.41) is 16.0. The minimum atomic E-state index is -1.37. The van der Waals surface area contributed by atoms with Gasteiger partial charge in [-0.2, -0.15) is 0 Å². The molecule has 0 rings (SSSR count). The second kappa shape index (κ2) is 2.03. The van der Waals surface area contributed by atoms with Crippen molar-refractivity contribution in [2.45, 2.75) is 0 Å². The van der Waals surface area contributed by atoms with Gasteiger partial charge in [0.15, 0.2) is 5.28 Å². The fourth-order valence-corrected chi connectivity index (χ4v) is 0.0298. The van der Waals surface area contributed by atoms with Gasteiger partial charge >= 0.3 is 5.29 Å². The first kappa shape index (κ1) is 5.76. The first-order valence-corrected chi connectivity index (χ1v) is 1.15. The van der Waals surface area contributed by atoms with Crippen LogP contribution in [0.4, 0.5) is 0 Å². The SMILES string of the molecule is O=NN(O)[N+](=O)[O-]. The van der Waals surface area contributed by atoms with Crippen LogP contribution in [0, 0.1) is 15.0 Å². The molecule has 7 nitrogen and oxygen atoms in total. The van der Waals surface area contributed by atoms with Gasteiger partial charge in [0.25, 0.3) is 0 Å². The molecule has 40 valence electrons. The van der Waals surface area contributed by atoms with Gasteiger partial charge < -0.3 is 10.1 Å². The summed E-state index contributed by atoms with van der Waals surface area (Å²) < 4.78 is 0. The van der Waals surface area contributed by atoms with Crippen LogP contribution in [0.2, 0.25) is 0 Å². The van der Waals surface area contributed by atoms with Crippen molar-refractivity contribution < 1.29 is 10.2 Å². The van der Waals surface area contributed by atoms with E-state index in [-0.39, 0.29) is 0 Å². The van der Waals surface area contributed by atoms with Gasteiger partial charge in [0.1, 0.15) is 0 Å². The minimum Gasteiger partial charge on any atom is -0.337 e. The van der Waals surface area contributed by atoms with Crippen molar-refractivity contribution in [2.75, 3.05) is 0 Å². The van der Waals surface area contributed by atoms with Crippen LogP contribution in [-0.4, -0.2) is 15.5 Å². The number of hydrogen-bond acceptors (Lipinski definition) is 5. The smallest absolute Gasteiger partial charge is 0.337 e. The van der Waals surface area contributed by atoms with Crippen molar-refractivity contribution in [3.63, 3.8) is 0 Å². The lowest BCUT2D eigenvalue weighted by atomic mass is 12.3. The molecule has 7 heteroatoms. The molecule has 0 saturated carbocycles. The van der Waals surface area contributed by atoms with Crippen LogP contribution in [-0.2, 0) is 0 Å². The molecule has 0 amide bonds. The summed E-state index contributed by atoms with van der Waals surface area (Å²) in [4.78, 5) is 18.0. The van der Waals surface area contributed by atoms with Crippen LogP contribution < -0.4 is 0 Å². The van der Waals surface area contributed by atoms with Crippen LogP contribution >= 0.6 is 0 Å². The second-order valence-corrected chi connectivity index (χ2v) is 0.588. The van der Waals surface area contributed by atoms with Crippen molar-refractivity contribution >= 4 is 0 Å². The van der Waals surface area contributed by atoms with Crippen LogP contribution in [0.3, 0.4) is 0 Å². The quantitative estimate of drug-likeness (QED) is 0.293. The van der Waals surface area contributed by atoms with Crippen molar-refractivity contribution in [2.24, 2.45) is 5.29 Å². The predicted octanol–water partition coefficient (Wildman–Crippen LogP) is -0.449. The Hall–Kier alpha value is -1.24. The maximum Gasteiger partial charge on any atom is 0.340 e. The summed E-state index contributed by atoms with van der Waals surface area (Å²) in [5.74, 6) is 0. The predicted molar refractivity (Wildman–Crippen MR) is 16.4 cm³/mol. The molecule has 0 aromatic carbocycles. The monoisotopic (exact) mass is 107 g/mol. The van der Waals surface area contributed by atoms with Crippen LogP contribution in [0.5, 0.6) is 0 Å². The van der Waals surface area contributed by atoms with Gasteiger partial charge in [-0.25, -0.2) is 5.21 Å². The maximum atomic E-state index is 9.12. The summed E-state index contributed by atoms with van der Waals surface area (Å²) in [7, 11) is 0. The molecule has 0 unspecified atom stereocenters. The number of nitrogens with zero attached hydrogens (tertiary/aromatic N) is 3. The van der Waals surface area contributed by atoms with Crippen molar-refractivity contribution in [3.05, 3.63) is 15.0 Å². The Bertz CT molecular complexity index is 86.9. The molecule has 0 aromatic rings. The Morgan fingerprint density at radius 3 is 2.29 bits per heavy atom. The van der Waals surface area contributed by atoms with Crippen molar-refractivity contribution in [1.29, 1.82) is 0 Å². The van der Waals surface area contributed by atoms with Gasteiger partial charge in [0, 0.05) is 4.91 Å². The lowest BCUT2D eigenvalue weighted by molar-refractivity contribution is -0.730. The Kier molecular flexibility index (Phi) is 1.67. The Balaban J connectivity index is 3.55. The lowest BCUT2D eigenvalue weighted by Gasteiger charge is -1.89. The molecule has 0 radical (unpaired) electrons. The molecule has 0 atom stereocenters. The molecule has 0 spiro atoms. The van der Waals surface area contributed by atoms with E-state index in [4.69, 9.17) is 20.2 Å². The van der Waals surface area contributed by atoms with Gasteiger partial charge in [-0.1, -0.05) is 0 Å². The highest BCUT2D eigenvalue weighted by atomic mass is 16.8. The topological polar surface area (TPSA) is 96.0 Å². The van der Waals surface area contributed by atoms with E-state index in [9.17, 15) is 0 Å². The summed E-state index contributed by atoms with van der Waals surface area (Å²) in [6.07, 6.45) is 0. The fourth-order valence-electron chi connectivity index (χ4n) is 0.0298. The molecule has 0 saturated heterocycles. The third kappa shape index (κ3) is 1.60. The lowest BCUT2D eigenvalue weighted by Crippen LogP contribution is -2.18. The molecule has 0 aliphatic carbocycles. The molecule has 0 aliphatic rings. The molecule has 0 fully saturated rings. The highest BCUT2D eigenvalue weighted by Gasteiger charge is 2.06. The molecule has 0 aromatic heterocycles. The maximum absolute atomic E-state index is 9.12. The molecule has 0 heterocycles. The zero-order valence-electron chi connectivity index (χ0n) is 3.01.